The summed E-state index contributed by atoms with van der Waals surface area (Å²) < 4.78 is 36.4. The van der Waals surface area contributed by atoms with Crippen LogP contribution in [0.15, 0.2) is 91.0 Å². The zero-order valence-corrected chi connectivity index (χ0v) is 35.2. The molecule has 3 aromatic carbocycles. The highest BCUT2D eigenvalue weighted by Gasteiger charge is 2.63. The van der Waals surface area contributed by atoms with E-state index >= 15 is 0 Å². The highest BCUT2D eigenvalue weighted by atomic mass is 32.2. The summed E-state index contributed by atoms with van der Waals surface area (Å²) in [5, 5.41) is 6.39. The van der Waals surface area contributed by atoms with Crippen LogP contribution in [0.3, 0.4) is 0 Å². The second-order valence-corrected chi connectivity index (χ2v) is 19.6. The summed E-state index contributed by atoms with van der Waals surface area (Å²) in [5.41, 5.74) is 1.88. The van der Waals surface area contributed by atoms with Gasteiger partial charge in [0, 0.05) is 36.1 Å². The first-order valence-electron chi connectivity index (χ1n) is 21.2. The van der Waals surface area contributed by atoms with Gasteiger partial charge in [0.05, 0.1) is 16.8 Å². The number of allylic oxidation sites excluding steroid dienone is 1. The zero-order valence-electron chi connectivity index (χ0n) is 34.4. The summed E-state index contributed by atoms with van der Waals surface area (Å²) in [6.45, 7) is 5.66. The van der Waals surface area contributed by atoms with Gasteiger partial charge in [0.25, 0.3) is 11.9 Å². The molecular formula is C46H54N6O7S. The van der Waals surface area contributed by atoms with E-state index in [2.05, 4.69) is 15.4 Å². The Kier molecular flexibility index (Phi) is 11.4. The van der Waals surface area contributed by atoms with E-state index in [0.29, 0.717) is 30.3 Å². The number of nitrogens with one attached hydrogen (secondary N) is 3. The van der Waals surface area contributed by atoms with Crippen LogP contribution in [-0.4, -0.2) is 81.4 Å². The smallest absolute Gasteiger partial charge is 0.297 e. The Hall–Kier alpha value is -5.50. The minimum absolute atomic E-state index is 0.0558. The second-order valence-electron chi connectivity index (χ2n) is 17.4. The molecule has 316 valence electrons. The maximum atomic E-state index is 14.8. The van der Waals surface area contributed by atoms with Crippen LogP contribution in [0.25, 0.3) is 11.0 Å². The summed E-state index contributed by atoms with van der Waals surface area (Å²) in [4.78, 5) is 63.6. The standard InChI is InChI=1S/C46H54N6O7S/c1-30(2)52-37-23-15-21-35(39(53)26-31-16-9-7-10-17-31)40(37)48-44(52)59-34-27-38-41(54)49-46(43(56)50-60(57,58)45(3)24-25-45)28-32(46)18-11-5-4-6-14-22-36(42(55)51(38)29-34)47-33-19-12-8-13-20-33/h7-13,15-21,23,30,32,34,36,38,47H,4-6,14,22,24-29H2,1-3H3,(H,49,54)(H,50,56)/b18-11-/t32-,34+,36-,38-,46+/m0/s1. The van der Waals surface area contributed by atoms with Crippen molar-refractivity contribution in [2.75, 3.05) is 11.9 Å². The van der Waals surface area contributed by atoms with Crippen LogP contribution in [-0.2, 0) is 30.8 Å². The molecule has 0 unspecified atom stereocenters. The fourth-order valence-electron chi connectivity index (χ4n) is 8.61. The van der Waals surface area contributed by atoms with E-state index in [0.717, 1.165) is 42.5 Å². The monoisotopic (exact) mass is 834 g/mol. The Labute approximate surface area is 351 Å². The highest BCUT2D eigenvalue weighted by Crippen LogP contribution is 2.47. The lowest BCUT2D eigenvalue weighted by Gasteiger charge is -2.30. The van der Waals surface area contributed by atoms with Crippen LogP contribution in [0.4, 0.5) is 5.69 Å². The number of sulfonamides is 1. The third-order valence-electron chi connectivity index (χ3n) is 12.6. The quantitative estimate of drug-likeness (QED) is 0.117. The van der Waals surface area contributed by atoms with Crippen LogP contribution in [0.1, 0.15) is 101 Å². The Balaban J connectivity index is 1.12. The number of aromatic nitrogens is 2. The number of para-hydroxylation sites is 2. The van der Waals surface area contributed by atoms with Crippen LogP contribution in [0.2, 0.25) is 0 Å². The van der Waals surface area contributed by atoms with Crippen molar-refractivity contribution in [2.24, 2.45) is 5.92 Å². The molecular weight excluding hydrogens is 781 g/mol. The summed E-state index contributed by atoms with van der Waals surface area (Å²) in [5.74, 6) is -2.10. The lowest BCUT2D eigenvalue weighted by atomic mass is 10.0. The molecule has 0 radical (unpaired) electrons. The molecule has 3 heterocycles. The lowest BCUT2D eigenvalue weighted by Crippen LogP contribution is -2.58. The number of ether oxygens (including phenoxy) is 1. The van der Waals surface area contributed by atoms with Crippen LogP contribution in [0.5, 0.6) is 6.01 Å². The molecule has 14 heteroatoms. The third-order valence-corrected chi connectivity index (χ3v) is 14.7. The van der Waals surface area contributed by atoms with Crippen molar-refractivity contribution in [1.82, 2.24) is 24.5 Å². The molecule has 3 amide bonds. The van der Waals surface area contributed by atoms with E-state index in [1.807, 2.05) is 103 Å². The molecule has 2 aliphatic carbocycles. The molecule has 1 saturated heterocycles. The number of imidazole rings is 1. The van der Waals surface area contributed by atoms with Gasteiger partial charge in [-0.1, -0.05) is 79.6 Å². The molecule has 0 spiro atoms. The molecule has 5 atom stereocenters. The average molecular weight is 835 g/mol. The fraction of sp³-hybridized carbons (Fsp3) is 0.457. The van der Waals surface area contributed by atoms with Gasteiger partial charge >= 0.3 is 0 Å². The Bertz CT molecular complexity index is 2410. The van der Waals surface area contributed by atoms with Crippen molar-refractivity contribution in [1.29, 1.82) is 0 Å². The van der Waals surface area contributed by atoms with E-state index in [-0.39, 0.29) is 49.5 Å². The number of nitrogens with zero attached hydrogens (tertiary/aromatic N) is 3. The van der Waals surface area contributed by atoms with Gasteiger partial charge in [-0.2, -0.15) is 4.98 Å². The average Bonchev–Trinajstić information content (AvgIpc) is 4.05. The van der Waals surface area contributed by atoms with E-state index in [1.165, 1.54) is 4.90 Å². The molecule has 2 saturated carbocycles. The first-order chi connectivity index (χ1) is 28.8. The molecule has 8 rings (SSSR count). The minimum atomic E-state index is -3.98. The van der Waals surface area contributed by atoms with E-state index in [4.69, 9.17) is 9.72 Å². The number of rotatable bonds is 11. The van der Waals surface area contributed by atoms with Gasteiger partial charge in [-0.3, -0.25) is 28.5 Å². The van der Waals surface area contributed by atoms with Crippen molar-refractivity contribution < 1.29 is 32.3 Å². The van der Waals surface area contributed by atoms with Crippen LogP contribution >= 0.6 is 0 Å². The zero-order chi connectivity index (χ0) is 42.2. The van der Waals surface area contributed by atoms with Crippen molar-refractivity contribution in [3.8, 4) is 6.01 Å². The van der Waals surface area contributed by atoms with Gasteiger partial charge in [-0.25, -0.2) is 8.42 Å². The predicted molar refractivity (Wildman–Crippen MR) is 229 cm³/mol. The number of ketones is 1. The molecule has 60 heavy (non-hydrogen) atoms. The number of hydrogen-bond acceptors (Lipinski definition) is 9. The molecule has 4 aliphatic rings. The van der Waals surface area contributed by atoms with E-state index in [1.54, 1.807) is 13.0 Å². The summed E-state index contributed by atoms with van der Waals surface area (Å²) in [6.07, 6.45) is 8.44. The number of carbonyl (C=O) groups is 4. The maximum Gasteiger partial charge on any atom is 0.297 e. The van der Waals surface area contributed by atoms with E-state index in [9.17, 15) is 27.6 Å². The first-order valence-corrected chi connectivity index (χ1v) is 22.7. The Morgan fingerprint density at radius 3 is 2.42 bits per heavy atom. The number of benzene rings is 3. The largest absolute Gasteiger partial charge is 0.459 e. The molecule has 3 N–H and O–H groups in total. The fourth-order valence-corrected chi connectivity index (χ4v) is 9.92. The number of anilines is 1. The normalized spacial score (nSPS) is 25.9. The topological polar surface area (TPSA) is 169 Å². The number of Topliss-reactive ketones (excluding diaryl/α,β-unsaturated/α-hetero) is 1. The number of amides is 3. The van der Waals surface area contributed by atoms with Crippen molar-refractivity contribution in [2.45, 2.75) is 119 Å². The van der Waals surface area contributed by atoms with Gasteiger partial charge in [0.1, 0.15) is 29.2 Å². The summed E-state index contributed by atoms with van der Waals surface area (Å²) in [6, 6.07) is 23.0. The highest BCUT2D eigenvalue weighted by molar-refractivity contribution is 7.91. The van der Waals surface area contributed by atoms with Gasteiger partial charge < -0.3 is 20.3 Å². The molecule has 0 bridgehead atoms. The second kappa shape index (κ2) is 16.5. The summed E-state index contributed by atoms with van der Waals surface area (Å²) >= 11 is 0. The number of carbonyl (C=O) groups excluding carboxylic acids is 4. The van der Waals surface area contributed by atoms with Gasteiger partial charge in [0.2, 0.25) is 21.8 Å². The Morgan fingerprint density at radius 1 is 0.967 bits per heavy atom. The van der Waals surface area contributed by atoms with Crippen LogP contribution in [0, 0.1) is 5.92 Å². The molecule has 2 aliphatic heterocycles. The maximum absolute atomic E-state index is 14.8. The van der Waals surface area contributed by atoms with Gasteiger partial charge in [0.15, 0.2) is 5.78 Å². The lowest BCUT2D eigenvalue weighted by molar-refractivity contribution is -0.140. The SMILES string of the molecule is CC(C)n1c(O[C@@H]2C[C@H]3C(=O)N[C@]4(C(=O)NS(=O)(=O)C5(C)CC5)C[C@@H]4/C=C\CCCCC[C@H](Nc4ccccc4)C(=O)N3C2)nc2c(C(=O)Cc3ccccc3)cccc21. The first kappa shape index (κ1) is 41.2. The van der Waals surface area contributed by atoms with Crippen molar-refractivity contribution in [3.63, 3.8) is 0 Å². The summed E-state index contributed by atoms with van der Waals surface area (Å²) in [7, 11) is -3.98. The predicted octanol–water partition coefficient (Wildman–Crippen LogP) is 6.27. The molecule has 4 aromatic rings. The Morgan fingerprint density at radius 2 is 1.70 bits per heavy atom. The van der Waals surface area contributed by atoms with Gasteiger partial charge in [-0.15, -0.1) is 0 Å². The van der Waals surface area contributed by atoms with Crippen molar-refractivity contribution >= 4 is 50.2 Å². The molecule has 13 nitrogen and oxygen atoms in total. The minimum Gasteiger partial charge on any atom is -0.459 e. The number of hydrogen-bond donors (Lipinski definition) is 3. The van der Waals surface area contributed by atoms with Crippen LogP contribution < -0.4 is 20.1 Å². The van der Waals surface area contributed by atoms with E-state index < -0.39 is 56.2 Å². The van der Waals surface area contributed by atoms with Crippen molar-refractivity contribution in [3.05, 3.63) is 102 Å². The number of fused-ring (bicyclic) bond motifs is 3. The molecule has 3 fully saturated rings. The molecule has 1 aromatic heterocycles. The van der Waals surface area contributed by atoms with Gasteiger partial charge in [-0.05, 0) is 89.1 Å². The third kappa shape index (κ3) is 8.30.